The monoisotopic (exact) mass is 271 g/mol. The van der Waals surface area contributed by atoms with E-state index in [4.69, 9.17) is 10.00 Å². The SMILES string of the molecule is N#Cc1ccc(N2CCN(C3CCOCC3)CC2)cc1. The lowest BCUT2D eigenvalue weighted by molar-refractivity contribution is 0.0321. The lowest BCUT2D eigenvalue weighted by atomic mass is 10.1. The van der Waals surface area contributed by atoms with Crippen LogP contribution < -0.4 is 4.90 Å². The first-order valence-electron chi connectivity index (χ1n) is 7.44. The summed E-state index contributed by atoms with van der Waals surface area (Å²) in [6.45, 7) is 6.24. The standard InChI is InChI=1S/C16H21N3O/c17-13-14-1-3-15(4-2-14)18-7-9-19(10-8-18)16-5-11-20-12-6-16/h1-4,16H,5-12H2. The molecule has 0 saturated carbocycles. The molecule has 0 unspecified atom stereocenters. The second kappa shape index (κ2) is 6.25. The summed E-state index contributed by atoms with van der Waals surface area (Å²) >= 11 is 0. The Balaban J connectivity index is 1.56. The Labute approximate surface area is 120 Å². The van der Waals surface area contributed by atoms with Gasteiger partial charge in [-0.05, 0) is 37.1 Å². The molecule has 1 aromatic rings. The van der Waals surface area contributed by atoms with Gasteiger partial charge >= 0.3 is 0 Å². The highest BCUT2D eigenvalue weighted by molar-refractivity contribution is 5.50. The quantitative estimate of drug-likeness (QED) is 0.823. The van der Waals surface area contributed by atoms with E-state index in [1.54, 1.807) is 0 Å². The normalized spacial score (nSPS) is 21.6. The maximum Gasteiger partial charge on any atom is 0.0991 e. The van der Waals surface area contributed by atoms with E-state index in [0.29, 0.717) is 6.04 Å². The third kappa shape index (κ3) is 2.95. The van der Waals surface area contributed by atoms with Crippen LogP contribution in [0, 0.1) is 11.3 Å². The van der Waals surface area contributed by atoms with Gasteiger partial charge in [-0.25, -0.2) is 0 Å². The first-order chi connectivity index (χ1) is 9.86. The summed E-state index contributed by atoms with van der Waals surface area (Å²) in [4.78, 5) is 5.03. The number of benzene rings is 1. The third-order valence-corrected chi connectivity index (χ3v) is 4.38. The molecule has 2 fully saturated rings. The van der Waals surface area contributed by atoms with Gasteiger partial charge in [0.15, 0.2) is 0 Å². The van der Waals surface area contributed by atoms with Crippen molar-refractivity contribution in [3.8, 4) is 6.07 Å². The zero-order chi connectivity index (χ0) is 13.8. The van der Waals surface area contributed by atoms with E-state index in [1.165, 1.54) is 18.5 Å². The van der Waals surface area contributed by atoms with Gasteiger partial charge in [0.2, 0.25) is 0 Å². The van der Waals surface area contributed by atoms with Gasteiger partial charge in [-0.1, -0.05) is 0 Å². The van der Waals surface area contributed by atoms with Crippen LogP contribution in [0.4, 0.5) is 5.69 Å². The Bertz CT molecular complexity index is 465. The van der Waals surface area contributed by atoms with E-state index in [9.17, 15) is 0 Å². The van der Waals surface area contributed by atoms with E-state index >= 15 is 0 Å². The van der Waals surface area contributed by atoms with Gasteiger partial charge in [-0.3, -0.25) is 4.90 Å². The highest BCUT2D eigenvalue weighted by Gasteiger charge is 2.25. The van der Waals surface area contributed by atoms with Crippen molar-refractivity contribution in [3.05, 3.63) is 29.8 Å². The first-order valence-corrected chi connectivity index (χ1v) is 7.44. The Kier molecular flexibility index (Phi) is 4.19. The molecule has 2 saturated heterocycles. The average Bonchev–Trinajstić information content (AvgIpc) is 2.56. The molecule has 4 heteroatoms. The summed E-state index contributed by atoms with van der Waals surface area (Å²) in [6, 6.07) is 10.8. The van der Waals surface area contributed by atoms with Crippen molar-refractivity contribution in [2.45, 2.75) is 18.9 Å². The predicted molar refractivity (Wildman–Crippen MR) is 78.8 cm³/mol. The predicted octanol–water partition coefficient (Wildman–Crippen LogP) is 1.86. The van der Waals surface area contributed by atoms with Crippen molar-refractivity contribution in [2.24, 2.45) is 0 Å². The van der Waals surface area contributed by atoms with E-state index in [1.807, 2.05) is 12.1 Å². The van der Waals surface area contributed by atoms with Crippen LogP contribution in [0.5, 0.6) is 0 Å². The molecule has 0 spiro atoms. The molecule has 0 bridgehead atoms. The first kappa shape index (κ1) is 13.4. The van der Waals surface area contributed by atoms with Crippen LogP contribution in [0.3, 0.4) is 0 Å². The van der Waals surface area contributed by atoms with E-state index in [2.05, 4.69) is 28.0 Å². The van der Waals surface area contributed by atoms with Gasteiger partial charge in [0.05, 0.1) is 11.6 Å². The number of hydrogen-bond donors (Lipinski definition) is 0. The number of nitriles is 1. The zero-order valence-corrected chi connectivity index (χ0v) is 11.8. The molecule has 0 aromatic heterocycles. The van der Waals surface area contributed by atoms with E-state index in [0.717, 1.165) is 45.0 Å². The van der Waals surface area contributed by atoms with Crippen LogP contribution in [0.25, 0.3) is 0 Å². The Morgan fingerprint density at radius 3 is 2.25 bits per heavy atom. The largest absolute Gasteiger partial charge is 0.381 e. The molecule has 0 radical (unpaired) electrons. The van der Waals surface area contributed by atoms with Crippen molar-refractivity contribution in [2.75, 3.05) is 44.3 Å². The van der Waals surface area contributed by atoms with Gasteiger partial charge in [0, 0.05) is 51.1 Å². The molecule has 1 aromatic carbocycles. The van der Waals surface area contributed by atoms with Crippen LogP contribution in [0.15, 0.2) is 24.3 Å². The molecule has 3 rings (SSSR count). The third-order valence-electron chi connectivity index (χ3n) is 4.38. The fourth-order valence-corrected chi connectivity index (χ4v) is 3.14. The molecule has 4 nitrogen and oxygen atoms in total. The molecule has 0 atom stereocenters. The zero-order valence-electron chi connectivity index (χ0n) is 11.8. The number of anilines is 1. The van der Waals surface area contributed by atoms with Gasteiger partial charge in [-0.15, -0.1) is 0 Å². The highest BCUT2D eigenvalue weighted by atomic mass is 16.5. The van der Waals surface area contributed by atoms with Crippen LogP contribution in [0.2, 0.25) is 0 Å². The maximum atomic E-state index is 8.84. The van der Waals surface area contributed by atoms with Gasteiger partial charge in [-0.2, -0.15) is 5.26 Å². The van der Waals surface area contributed by atoms with Crippen LogP contribution in [-0.2, 0) is 4.74 Å². The van der Waals surface area contributed by atoms with Crippen molar-refractivity contribution >= 4 is 5.69 Å². The number of piperazine rings is 1. The summed E-state index contributed by atoms with van der Waals surface area (Å²) in [5.74, 6) is 0. The smallest absolute Gasteiger partial charge is 0.0991 e. The number of rotatable bonds is 2. The molecule has 2 aliphatic rings. The minimum absolute atomic E-state index is 0.715. The topological polar surface area (TPSA) is 39.5 Å². The van der Waals surface area contributed by atoms with Crippen molar-refractivity contribution in [1.29, 1.82) is 5.26 Å². The van der Waals surface area contributed by atoms with Gasteiger partial charge in [0.25, 0.3) is 0 Å². The molecular weight excluding hydrogens is 250 g/mol. The number of ether oxygens (including phenoxy) is 1. The Hall–Kier alpha value is -1.57. The summed E-state index contributed by atoms with van der Waals surface area (Å²) in [7, 11) is 0. The van der Waals surface area contributed by atoms with Crippen molar-refractivity contribution in [3.63, 3.8) is 0 Å². The van der Waals surface area contributed by atoms with E-state index in [-0.39, 0.29) is 0 Å². The van der Waals surface area contributed by atoms with Crippen LogP contribution in [0.1, 0.15) is 18.4 Å². The molecule has 0 amide bonds. The fourth-order valence-electron chi connectivity index (χ4n) is 3.14. The lowest BCUT2D eigenvalue weighted by Crippen LogP contribution is -2.51. The lowest BCUT2D eigenvalue weighted by Gasteiger charge is -2.41. The van der Waals surface area contributed by atoms with Gasteiger partial charge in [0.1, 0.15) is 0 Å². The van der Waals surface area contributed by atoms with Crippen molar-refractivity contribution in [1.82, 2.24) is 4.90 Å². The molecule has 106 valence electrons. The summed E-state index contributed by atoms with van der Waals surface area (Å²) in [5, 5.41) is 8.84. The second-order valence-electron chi connectivity index (χ2n) is 5.53. The average molecular weight is 271 g/mol. The highest BCUT2D eigenvalue weighted by Crippen LogP contribution is 2.20. The number of nitrogens with zero attached hydrogens (tertiary/aromatic N) is 3. The fraction of sp³-hybridized carbons (Fsp3) is 0.562. The Morgan fingerprint density at radius 1 is 1.00 bits per heavy atom. The summed E-state index contributed by atoms with van der Waals surface area (Å²) in [5.41, 5.74) is 1.96. The molecule has 0 N–H and O–H groups in total. The molecule has 0 aliphatic carbocycles. The van der Waals surface area contributed by atoms with E-state index < -0.39 is 0 Å². The maximum absolute atomic E-state index is 8.84. The van der Waals surface area contributed by atoms with Crippen LogP contribution in [-0.4, -0.2) is 50.3 Å². The number of hydrogen-bond acceptors (Lipinski definition) is 4. The second-order valence-corrected chi connectivity index (χ2v) is 5.53. The minimum atomic E-state index is 0.715. The summed E-state index contributed by atoms with van der Waals surface area (Å²) < 4.78 is 5.44. The molecular formula is C16H21N3O. The van der Waals surface area contributed by atoms with Crippen molar-refractivity contribution < 1.29 is 4.74 Å². The molecule has 2 aliphatic heterocycles. The Morgan fingerprint density at radius 2 is 1.65 bits per heavy atom. The minimum Gasteiger partial charge on any atom is -0.381 e. The van der Waals surface area contributed by atoms with Gasteiger partial charge < -0.3 is 9.64 Å². The summed E-state index contributed by atoms with van der Waals surface area (Å²) in [6.07, 6.45) is 2.35. The van der Waals surface area contributed by atoms with Crippen LogP contribution >= 0.6 is 0 Å². The molecule has 20 heavy (non-hydrogen) atoms. The molecule has 2 heterocycles.